The summed E-state index contributed by atoms with van der Waals surface area (Å²) in [6.07, 6.45) is 1.40. The van der Waals surface area contributed by atoms with E-state index in [0.717, 1.165) is 5.56 Å². The van der Waals surface area contributed by atoms with Gasteiger partial charge in [-0.1, -0.05) is 29.8 Å². The second-order valence-corrected chi connectivity index (χ2v) is 5.35. The second-order valence-electron chi connectivity index (χ2n) is 5.35. The number of urea groups is 1. The Morgan fingerprint density at radius 2 is 1.91 bits per heavy atom. The molecular weight excluding hydrogens is 296 g/mol. The largest absolute Gasteiger partial charge is 0.350 e. The second kappa shape index (κ2) is 7.39. The fraction of sp³-hybridized carbons (Fsp3) is 0.333. The average Bonchev–Trinajstić information content (AvgIpc) is 2.93. The van der Waals surface area contributed by atoms with E-state index in [9.17, 15) is 9.59 Å². The molecule has 122 valence electrons. The maximum absolute atomic E-state index is 11.9. The fourth-order valence-electron chi connectivity index (χ4n) is 1.74. The fourth-order valence-corrected chi connectivity index (χ4v) is 1.74. The van der Waals surface area contributed by atoms with Crippen LogP contribution in [-0.2, 0) is 17.9 Å². The Labute approximate surface area is 134 Å². The number of aryl methyl sites for hydroxylation is 1. The van der Waals surface area contributed by atoms with Crippen LogP contribution in [0.4, 0.5) is 10.6 Å². The van der Waals surface area contributed by atoms with Gasteiger partial charge in [-0.15, -0.1) is 5.10 Å². The van der Waals surface area contributed by atoms with Gasteiger partial charge in [0, 0.05) is 20.6 Å². The molecule has 1 aromatic heterocycles. The molecule has 3 amide bonds. The highest BCUT2D eigenvalue weighted by atomic mass is 16.2. The van der Waals surface area contributed by atoms with Crippen LogP contribution in [0.3, 0.4) is 0 Å². The number of nitrogens with one attached hydrogen (secondary N) is 2. The Morgan fingerprint density at radius 1 is 1.22 bits per heavy atom. The van der Waals surface area contributed by atoms with E-state index < -0.39 is 0 Å². The summed E-state index contributed by atoms with van der Waals surface area (Å²) in [5.74, 6) is 0.0988. The number of rotatable bonds is 5. The summed E-state index contributed by atoms with van der Waals surface area (Å²) in [6.45, 7) is 2.45. The standard InChI is InChI=1S/C15H20N6O2/c1-11-4-6-12(7-5-11)8-16-14(22)10-21-17-9-13(19-21)18-15(23)20(2)3/h4-7,9H,8,10H2,1-3H3,(H,16,22)(H,18,19,23). The third-order valence-corrected chi connectivity index (χ3v) is 3.07. The number of anilines is 1. The first kappa shape index (κ1) is 16.5. The van der Waals surface area contributed by atoms with E-state index in [1.165, 1.54) is 21.5 Å². The van der Waals surface area contributed by atoms with E-state index in [1.807, 2.05) is 31.2 Å². The molecule has 8 nitrogen and oxygen atoms in total. The van der Waals surface area contributed by atoms with Gasteiger partial charge >= 0.3 is 6.03 Å². The zero-order chi connectivity index (χ0) is 16.8. The van der Waals surface area contributed by atoms with Gasteiger partial charge in [0.2, 0.25) is 5.91 Å². The van der Waals surface area contributed by atoms with E-state index in [2.05, 4.69) is 20.8 Å². The highest BCUT2D eigenvalue weighted by Gasteiger charge is 2.09. The number of carbonyl (C=O) groups excluding carboxylic acids is 2. The molecule has 0 fully saturated rings. The first-order valence-corrected chi connectivity index (χ1v) is 7.15. The van der Waals surface area contributed by atoms with Crippen molar-refractivity contribution in [2.24, 2.45) is 0 Å². The maximum Gasteiger partial charge on any atom is 0.322 e. The van der Waals surface area contributed by atoms with Crippen molar-refractivity contribution < 1.29 is 9.59 Å². The molecule has 0 saturated carbocycles. The van der Waals surface area contributed by atoms with Gasteiger partial charge < -0.3 is 10.2 Å². The van der Waals surface area contributed by atoms with Crippen molar-refractivity contribution in [1.82, 2.24) is 25.2 Å². The number of amides is 3. The molecule has 8 heteroatoms. The molecule has 1 aromatic carbocycles. The molecule has 0 aliphatic heterocycles. The van der Waals surface area contributed by atoms with Crippen molar-refractivity contribution in [3.63, 3.8) is 0 Å². The molecule has 0 aliphatic rings. The van der Waals surface area contributed by atoms with Crippen LogP contribution in [-0.4, -0.2) is 45.9 Å². The lowest BCUT2D eigenvalue weighted by molar-refractivity contribution is -0.122. The highest BCUT2D eigenvalue weighted by Crippen LogP contribution is 2.03. The molecule has 2 rings (SSSR count). The number of nitrogens with zero attached hydrogens (tertiary/aromatic N) is 4. The van der Waals surface area contributed by atoms with E-state index in [1.54, 1.807) is 14.1 Å². The molecule has 23 heavy (non-hydrogen) atoms. The minimum Gasteiger partial charge on any atom is -0.350 e. The van der Waals surface area contributed by atoms with Crippen LogP contribution in [0.1, 0.15) is 11.1 Å². The highest BCUT2D eigenvalue weighted by molar-refractivity contribution is 5.87. The van der Waals surface area contributed by atoms with Crippen LogP contribution in [0.2, 0.25) is 0 Å². The van der Waals surface area contributed by atoms with Gasteiger partial charge in [0.05, 0.1) is 6.20 Å². The van der Waals surface area contributed by atoms with Crippen LogP contribution >= 0.6 is 0 Å². The zero-order valence-electron chi connectivity index (χ0n) is 13.4. The summed E-state index contributed by atoms with van der Waals surface area (Å²) in [7, 11) is 3.25. The summed E-state index contributed by atoms with van der Waals surface area (Å²) < 4.78 is 0. The maximum atomic E-state index is 11.9. The normalized spacial score (nSPS) is 10.2. The molecule has 0 unspecified atom stereocenters. The average molecular weight is 316 g/mol. The monoisotopic (exact) mass is 316 g/mol. The van der Waals surface area contributed by atoms with Crippen LogP contribution in [0.5, 0.6) is 0 Å². The molecule has 0 bridgehead atoms. The van der Waals surface area contributed by atoms with Crippen LogP contribution in [0.15, 0.2) is 30.5 Å². The Kier molecular flexibility index (Phi) is 5.29. The molecule has 2 N–H and O–H groups in total. The molecule has 2 aromatic rings. The summed E-state index contributed by atoms with van der Waals surface area (Å²) >= 11 is 0. The quantitative estimate of drug-likeness (QED) is 0.860. The van der Waals surface area contributed by atoms with Gasteiger partial charge in [-0.25, -0.2) is 4.79 Å². The van der Waals surface area contributed by atoms with E-state index >= 15 is 0 Å². The third kappa shape index (κ3) is 5.10. The number of benzene rings is 1. The SMILES string of the molecule is Cc1ccc(CNC(=O)Cn2ncc(NC(=O)N(C)C)n2)cc1. The zero-order valence-corrected chi connectivity index (χ0v) is 13.4. The van der Waals surface area contributed by atoms with Crippen LogP contribution in [0, 0.1) is 6.92 Å². The molecule has 0 aliphatic carbocycles. The Bertz CT molecular complexity index is 678. The molecular formula is C15H20N6O2. The van der Waals surface area contributed by atoms with Gasteiger partial charge in [0.15, 0.2) is 5.82 Å². The summed E-state index contributed by atoms with van der Waals surface area (Å²) in [6, 6.07) is 7.63. The molecule has 0 radical (unpaired) electrons. The van der Waals surface area contributed by atoms with E-state index in [4.69, 9.17) is 0 Å². The van der Waals surface area contributed by atoms with Crippen molar-refractivity contribution >= 4 is 17.8 Å². The van der Waals surface area contributed by atoms with Gasteiger partial charge in [-0.05, 0) is 12.5 Å². The Balaban J connectivity index is 1.82. The van der Waals surface area contributed by atoms with Crippen molar-refractivity contribution in [3.8, 4) is 0 Å². The first-order chi connectivity index (χ1) is 10.9. The lowest BCUT2D eigenvalue weighted by Crippen LogP contribution is -2.29. The van der Waals surface area contributed by atoms with Gasteiger partial charge in [0.1, 0.15) is 6.54 Å². The molecule has 0 saturated heterocycles. The predicted octanol–water partition coefficient (Wildman–Crippen LogP) is 0.996. The number of aromatic nitrogens is 3. The minimum atomic E-state index is -0.305. The Hall–Kier alpha value is -2.90. The number of hydrogen-bond donors (Lipinski definition) is 2. The Morgan fingerprint density at radius 3 is 2.57 bits per heavy atom. The topological polar surface area (TPSA) is 92.2 Å². The number of carbonyl (C=O) groups is 2. The van der Waals surface area contributed by atoms with Gasteiger partial charge in [0.25, 0.3) is 0 Å². The lowest BCUT2D eigenvalue weighted by Gasteiger charge is -2.09. The number of hydrogen-bond acceptors (Lipinski definition) is 4. The predicted molar refractivity (Wildman–Crippen MR) is 85.8 cm³/mol. The van der Waals surface area contributed by atoms with Crippen molar-refractivity contribution in [2.75, 3.05) is 19.4 Å². The molecule has 0 atom stereocenters. The van der Waals surface area contributed by atoms with Crippen LogP contribution in [0.25, 0.3) is 0 Å². The van der Waals surface area contributed by atoms with Gasteiger partial charge in [-0.2, -0.15) is 9.90 Å². The third-order valence-electron chi connectivity index (χ3n) is 3.07. The smallest absolute Gasteiger partial charge is 0.322 e. The molecule has 1 heterocycles. The molecule has 0 spiro atoms. The van der Waals surface area contributed by atoms with Crippen molar-refractivity contribution in [2.45, 2.75) is 20.0 Å². The summed E-state index contributed by atoms with van der Waals surface area (Å²) in [5, 5.41) is 13.3. The van der Waals surface area contributed by atoms with Crippen LogP contribution < -0.4 is 10.6 Å². The van der Waals surface area contributed by atoms with Crippen molar-refractivity contribution in [3.05, 3.63) is 41.6 Å². The van der Waals surface area contributed by atoms with Crippen molar-refractivity contribution in [1.29, 1.82) is 0 Å². The minimum absolute atomic E-state index is 0.0102. The summed E-state index contributed by atoms with van der Waals surface area (Å²) in [5.41, 5.74) is 2.20. The summed E-state index contributed by atoms with van der Waals surface area (Å²) in [4.78, 5) is 26.0. The lowest BCUT2D eigenvalue weighted by atomic mass is 10.1. The first-order valence-electron chi connectivity index (χ1n) is 7.15. The van der Waals surface area contributed by atoms with E-state index in [0.29, 0.717) is 12.4 Å². The van der Waals surface area contributed by atoms with E-state index in [-0.39, 0.29) is 18.5 Å². The van der Waals surface area contributed by atoms with Gasteiger partial charge in [-0.3, -0.25) is 10.1 Å².